The minimum absolute atomic E-state index is 0.163. The standard InChI is InChI=1S/C21H28N4O5/c1-24-7-6-15-14(11-24)19(23-22-15)21(27)25-8-9-30-18(12-26)20(25)13-4-5-16(28-2)17(10-13)29-3/h4-5,10,18,20,26H,6-9,11-12H2,1-3H3,(H,22,23)/t18-,20-/m0/s1. The Labute approximate surface area is 175 Å². The lowest BCUT2D eigenvalue weighted by atomic mass is 9.96. The number of methoxy groups -OCH3 is 2. The summed E-state index contributed by atoms with van der Waals surface area (Å²) >= 11 is 0. The molecule has 0 aliphatic carbocycles. The summed E-state index contributed by atoms with van der Waals surface area (Å²) in [4.78, 5) is 17.5. The quantitative estimate of drug-likeness (QED) is 0.750. The van der Waals surface area contributed by atoms with Gasteiger partial charge in [0, 0.05) is 37.3 Å². The van der Waals surface area contributed by atoms with E-state index in [0.29, 0.717) is 36.9 Å². The molecule has 0 bridgehead atoms. The predicted molar refractivity (Wildman–Crippen MR) is 109 cm³/mol. The number of benzene rings is 1. The van der Waals surface area contributed by atoms with Crippen LogP contribution in [0, 0.1) is 0 Å². The summed E-state index contributed by atoms with van der Waals surface area (Å²) in [7, 11) is 5.18. The number of nitrogens with one attached hydrogen (secondary N) is 1. The first kappa shape index (κ1) is 20.6. The van der Waals surface area contributed by atoms with Crippen LogP contribution in [-0.2, 0) is 17.7 Å². The zero-order chi connectivity index (χ0) is 21.3. The lowest BCUT2D eigenvalue weighted by molar-refractivity contribution is -0.0813. The average molecular weight is 416 g/mol. The van der Waals surface area contributed by atoms with Gasteiger partial charge in [0.25, 0.3) is 5.91 Å². The summed E-state index contributed by atoms with van der Waals surface area (Å²) < 4.78 is 16.6. The second-order valence-corrected chi connectivity index (χ2v) is 7.67. The van der Waals surface area contributed by atoms with Gasteiger partial charge in [-0.1, -0.05) is 6.07 Å². The molecular formula is C21H28N4O5. The third-order valence-electron chi connectivity index (χ3n) is 5.87. The largest absolute Gasteiger partial charge is 0.493 e. The molecule has 2 atom stereocenters. The molecule has 9 heteroatoms. The number of hydrogen-bond acceptors (Lipinski definition) is 7. The van der Waals surface area contributed by atoms with E-state index in [-0.39, 0.29) is 12.5 Å². The molecule has 1 saturated heterocycles. The smallest absolute Gasteiger partial charge is 0.275 e. The Morgan fingerprint density at radius 2 is 2.10 bits per heavy atom. The SMILES string of the molecule is COc1ccc([C@H]2[C@H](CO)OCCN2C(=O)c2n[nH]c3c2CN(C)CC3)cc1OC. The minimum atomic E-state index is -0.543. The van der Waals surface area contributed by atoms with E-state index in [1.807, 2.05) is 19.2 Å². The van der Waals surface area contributed by atoms with Gasteiger partial charge in [0.2, 0.25) is 0 Å². The molecule has 0 spiro atoms. The summed E-state index contributed by atoms with van der Waals surface area (Å²) in [5.41, 5.74) is 3.22. The fourth-order valence-electron chi connectivity index (χ4n) is 4.29. The van der Waals surface area contributed by atoms with Crippen LogP contribution < -0.4 is 9.47 Å². The van der Waals surface area contributed by atoms with E-state index in [0.717, 1.165) is 29.8 Å². The highest BCUT2D eigenvalue weighted by Gasteiger charge is 2.39. The molecule has 162 valence electrons. The lowest BCUT2D eigenvalue weighted by Gasteiger charge is -2.41. The van der Waals surface area contributed by atoms with Crippen molar-refractivity contribution >= 4 is 5.91 Å². The highest BCUT2D eigenvalue weighted by atomic mass is 16.5. The van der Waals surface area contributed by atoms with Crippen molar-refractivity contribution in [2.45, 2.75) is 25.1 Å². The lowest BCUT2D eigenvalue weighted by Crippen LogP contribution is -2.49. The van der Waals surface area contributed by atoms with Gasteiger partial charge in [-0.15, -0.1) is 0 Å². The van der Waals surface area contributed by atoms with Crippen molar-refractivity contribution in [2.75, 3.05) is 47.6 Å². The molecule has 0 saturated carbocycles. The number of likely N-dealkylation sites (N-methyl/N-ethyl adjacent to an activating group) is 1. The molecule has 9 nitrogen and oxygen atoms in total. The number of carbonyl (C=O) groups excluding carboxylic acids is 1. The van der Waals surface area contributed by atoms with Crippen molar-refractivity contribution in [2.24, 2.45) is 0 Å². The minimum Gasteiger partial charge on any atom is -0.493 e. The molecule has 2 N–H and O–H groups in total. The van der Waals surface area contributed by atoms with E-state index >= 15 is 0 Å². The summed E-state index contributed by atoms with van der Waals surface area (Å²) in [6, 6.07) is 5.03. The number of morpholine rings is 1. The van der Waals surface area contributed by atoms with Crippen molar-refractivity contribution < 1.29 is 24.1 Å². The highest BCUT2D eigenvalue weighted by Crippen LogP contribution is 2.36. The van der Waals surface area contributed by atoms with Crippen LogP contribution >= 0.6 is 0 Å². The van der Waals surface area contributed by atoms with Gasteiger partial charge in [0.1, 0.15) is 6.10 Å². The summed E-state index contributed by atoms with van der Waals surface area (Å²) in [6.07, 6.45) is 0.298. The maximum absolute atomic E-state index is 13.6. The summed E-state index contributed by atoms with van der Waals surface area (Å²) in [6.45, 7) is 2.17. The van der Waals surface area contributed by atoms with Gasteiger partial charge < -0.3 is 29.1 Å². The zero-order valence-electron chi connectivity index (χ0n) is 17.6. The van der Waals surface area contributed by atoms with E-state index in [9.17, 15) is 9.90 Å². The first-order valence-electron chi connectivity index (χ1n) is 10.1. The molecule has 4 rings (SSSR count). The van der Waals surface area contributed by atoms with Crippen LogP contribution in [0.25, 0.3) is 0 Å². The molecule has 0 radical (unpaired) electrons. The number of fused-ring (bicyclic) bond motifs is 1. The van der Waals surface area contributed by atoms with E-state index in [1.54, 1.807) is 25.2 Å². The van der Waals surface area contributed by atoms with Gasteiger partial charge in [0.05, 0.1) is 33.5 Å². The van der Waals surface area contributed by atoms with Crippen molar-refractivity contribution in [3.8, 4) is 11.5 Å². The van der Waals surface area contributed by atoms with Crippen LogP contribution in [0.1, 0.15) is 33.4 Å². The third-order valence-corrected chi connectivity index (χ3v) is 5.87. The summed E-state index contributed by atoms with van der Waals surface area (Å²) in [5, 5.41) is 17.4. The molecule has 3 heterocycles. The second kappa shape index (κ2) is 8.63. The van der Waals surface area contributed by atoms with Crippen molar-refractivity contribution in [3.05, 3.63) is 40.7 Å². The molecule has 30 heavy (non-hydrogen) atoms. The van der Waals surface area contributed by atoms with Crippen LogP contribution in [0.15, 0.2) is 18.2 Å². The van der Waals surface area contributed by atoms with Gasteiger partial charge in [-0.05, 0) is 24.7 Å². The fraction of sp³-hybridized carbons (Fsp3) is 0.524. The van der Waals surface area contributed by atoms with Gasteiger partial charge in [0.15, 0.2) is 17.2 Å². The normalized spacial score (nSPS) is 21.9. The third kappa shape index (κ3) is 3.64. The maximum atomic E-state index is 13.6. The number of aliphatic hydroxyl groups is 1. The van der Waals surface area contributed by atoms with Crippen LogP contribution in [0.3, 0.4) is 0 Å². The van der Waals surface area contributed by atoms with Gasteiger partial charge in [-0.2, -0.15) is 5.10 Å². The molecule has 1 aromatic heterocycles. The van der Waals surface area contributed by atoms with Gasteiger partial charge in [-0.3, -0.25) is 9.89 Å². The Morgan fingerprint density at radius 3 is 2.83 bits per heavy atom. The number of nitrogens with zero attached hydrogens (tertiary/aromatic N) is 3. The van der Waals surface area contributed by atoms with E-state index in [1.165, 1.54) is 0 Å². The monoisotopic (exact) mass is 416 g/mol. The number of hydrogen-bond donors (Lipinski definition) is 2. The van der Waals surface area contributed by atoms with Gasteiger partial charge in [-0.25, -0.2) is 0 Å². The Balaban J connectivity index is 1.71. The summed E-state index contributed by atoms with van der Waals surface area (Å²) in [5.74, 6) is 0.994. The Morgan fingerprint density at radius 1 is 1.30 bits per heavy atom. The highest BCUT2D eigenvalue weighted by molar-refractivity contribution is 5.94. The van der Waals surface area contributed by atoms with Crippen LogP contribution in [-0.4, -0.2) is 84.7 Å². The van der Waals surface area contributed by atoms with E-state index < -0.39 is 12.1 Å². The number of rotatable bonds is 5. The number of aromatic amines is 1. The van der Waals surface area contributed by atoms with Crippen molar-refractivity contribution in [1.82, 2.24) is 20.0 Å². The Kier molecular flexibility index (Phi) is 5.94. The topological polar surface area (TPSA) is 100 Å². The molecule has 2 aromatic rings. The van der Waals surface area contributed by atoms with E-state index in [2.05, 4.69) is 15.1 Å². The number of ether oxygens (including phenoxy) is 3. The first-order chi connectivity index (χ1) is 14.6. The fourth-order valence-corrected chi connectivity index (χ4v) is 4.29. The zero-order valence-corrected chi connectivity index (χ0v) is 17.6. The molecular weight excluding hydrogens is 388 g/mol. The number of aliphatic hydroxyl groups excluding tert-OH is 1. The van der Waals surface area contributed by atoms with Crippen LogP contribution in [0.2, 0.25) is 0 Å². The number of amides is 1. The van der Waals surface area contributed by atoms with Crippen LogP contribution in [0.4, 0.5) is 0 Å². The molecule has 1 aromatic carbocycles. The Bertz CT molecular complexity index is 915. The molecule has 1 amide bonds. The molecule has 2 aliphatic rings. The Hall–Kier alpha value is -2.62. The maximum Gasteiger partial charge on any atom is 0.275 e. The molecule has 0 unspecified atom stereocenters. The second-order valence-electron chi connectivity index (χ2n) is 7.67. The molecule has 2 aliphatic heterocycles. The van der Waals surface area contributed by atoms with Crippen LogP contribution in [0.5, 0.6) is 11.5 Å². The first-order valence-corrected chi connectivity index (χ1v) is 10.1. The number of carbonyl (C=O) groups is 1. The average Bonchev–Trinajstić information content (AvgIpc) is 3.20. The van der Waals surface area contributed by atoms with Crippen molar-refractivity contribution in [3.63, 3.8) is 0 Å². The van der Waals surface area contributed by atoms with Gasteiger partial charge >= 0.3 is 0 Å². The van der Waals surface area contributed by atoms with Crippen molar-refractivity contribution in [1.29, 1.82) is 0 Å². The molecule has 1 fully saturated rings. The number of H-pyrrole nitrogens is 1. The number of aromatic nitrogens is 2. The predicted octanol–water partition coefficient (Wildman–Crippen LogP) is 0.989. The van der Waals surface area contributed by atoms with E-state index in [4.69, 9.17) is 14.2 Å².